The summed E-state index contributed by atoms with van der Waals surface area (Å²) < 4.78 is 26.0. The molecule has 0 bridgehead atoms. The van der Waals surface area contributed by atoms with Crippen molar-refractivity contribution < 1.29 is 8.78 Å². The predicted octanol–water partition coefficient (Wildman–Crippen LogP) is 3.41. The van der Waals surface area contributed by atoms with Crippen molar-refractivity contribution in [2.75, 3.05) is 0 Å². The van der Waals surface area contributed by atoms with Crippen LogP contribution in [0.1, 0.15) is 38.3 Å². The highest BCUT2D eigenvalue weighted by Crippen LogP contribution is 2.29. The Balaban J connectivity index is 2.19. The van der Waals surface area contributed by atoms with Gasteiger partial charge in [-0.2, -0.15) is 0 Å². The first-order valence-corrected chi connectivity index (χ1v) is 5.79. The van der Waals surface area contributed by atoms with Crippen LogP contribution in [0.5, 0.6) is 0 Å². The molecule has 0 heterocycles. The second-order valence-corrected chi connectivity index (χ2v) is 4.84. The van der Waals surface area contributed by atoms with Crippen LogP contribution in [0.4, 0.5) is 8.78 Å². The van der Waals surface area contributed by atoms with E-state index >= 15 is 0 Å². The highest BCUT2D eigenvalue weighted by atomic mass is 19.2. The van der Waals surface area contributed by atoms with Crippen molar-refractivity contribution in [2.24, 2.45) is 5.92 Å². The molecule has 1 aromatic carbocycles. The van der Waals surface area contributed by atoms with Crippen LogP contribution in [0.2, 0.25) is 0 Å². The Morgan fingerprint density at radius 1 is 1.19 bits per heavy atom. The van der Waals surface area contributed by atoms with Gasteiger partial charge in [0.25, 0.3) is 0 Å². The molecule has 1 aliphatic carbocycles. The van der Waals surface area contributed by atoms with Crippen molar-refractivity contribution in [1.29, 1.82) is 0 Å². The molecule has 1 unspecified atom stereocenters. The van der Waals surface area contributed by atoms with E-state index in [4.69, 9.17) is 0 Å². The van der Waals surface area contributed by atoms with Gasteiger partial charge in [0.1, 0.15) is 0 Å². The molecule has 1 aliphatic rings. The summed E-state index contributed by atoms with van der Waals surface area (Å²) in [5.74, 6) is -1.18. The van der Waals surface area contributed by atoms with Gasteiger partial charge in [-0.25, -0.2) is 8.78 Å². The molecule has 3 heteroatoms. The van der Waals surface area contributed by atoms with Gasteiger partial charge in [-0.15, -0.1) is 0 Å². The molecule has 0 spiro atoms. The van der Waals surface area contributed by atoms with E-state index in [1.807, 2.05) is 0 Å². The van der Waals surface area contributed by atoms with E-state index in [9.17, 15) is 8.78 Å². The second kappa shape index (κ2) is 4.50. The van der Waals surface area contributed by atoms with Crippen LogP contribution in [-0.4, -0.2) is 6.04 Å². The van der Waals surface area contributed by atoms with Gasteiger partial charge in [0, 0.05) is 12.1 Å². The number of benzene rings is 1. The van der Waals surface area contributed by atoms with Gasteiger partial charge in [0.05, 0.1) is 0 Å². The average molecular weight is 225 g/mol. The molecule has 0 saturated heterocycles. The zero-order valence-electron chi connectivity index (χ0n) is 9.63. The van der Waals surface area contributed by atoms with E-state index in [0.717, 1.165) is 5.56 Å². The number of halogens is 2. The van der Waals surface area contributed by atoms with Gasteiger partial charge < -0.3 is 5.32 Å². The molecular weight excluding hydrogens is 208 g/mol. The molecule has 1 N–H and O–H groups in total. The van der Waals surface area contributed by atoms with Crippen LogP contribution in [0.15, 0.2) is 18.2 Å². The summed E-state index contributed by atoms with van der Waals surface area (Å²) >= 11 is 0. The largest absolute Gasteiger partial charge is 0.307 e. The van der Waals surface area contributed by atoms with Gasteiger partial charge in [0.15, 0.2) is 11.6 Å². The van der Waals surface area contributed by atoms with E-state index in [1.165, 1.54) is 25.0 Å². The smallest absolute Gasteiger partial charge is 0.159 e. The Bertz CT molecular complexity index is 372. The van der Waals surface area contributed by atoms with E-state index in [0.29, 0.717) is 12.0 Å². The van der Waals surface area contributed by atoms with Crippen LogP contribution in [0.3, 0.4) is 0 Å². The van der Waals surface area contributed by atoms with E-state index in [1.54, 1.807) is 6.07 Å². The summed E-state index contributed by atoms with van der Waals surface area (Å²) in [6.45, 7) is 4.17. The molecule has 2 rings (SSSR count). The van der Waals surface area contributed by atoms with Gasteiger partial charge in [0.2, 0.25) is 0 Å². The maximum Gasteiger partial charge on any atom is 0.159 e. The SMILES string of the molecule is CC(C)C(NC1CC1)c1ccc(F)c(F)c1. The van der Waals surface area contributed by atoms with Crippen molar-refractivity contribution in [3.8, 4) is 0 Å². The Morgan fingerprint density at radius 2 is 1.88 bits per heavy atom. The third kappa shape index (κ3) is 2.59. The lowest BCUT2D eigenvalue weighted by atomic mass is 9.96. The summed E-state index contributed by atoms with van der Waals surface area (Å²) in [4.78, 5) is 0. The topological polar surface area (TPSA) is 12.0 Å². The molecule has 0 aliphatic heterocycles. The summed E-state index contributed by atoms with van der Waals surface area (Å²) in [5.41, 5.74) is 0.834. The van der Waals surface area contributed by atoms with Gasteiger partial charge in [-0.3, -0.25) is 0 Å². The number of nitrogens with one attached hydrogen (secondary N) is 1. The summed E-state index contributed by atoms with van der Waals surface area (Å²) in [7, 11) is 0. The molecule has 1 atom stereocenters. The molecular formula is C13H17F2N. The zero-order valence-corrected chi connectivity index (χ0v) is 9.63. The van der Waals surface area contributed by atoms with Gasteiger partial charge in [-0.1, -0.05) is 19.9 Å². The molecule has 1 saturated carbocycles. The molecule has 0 amide bonds. The highest BCUT2D eigenvalue weighted by molar-refractivity contribution is 5.22. The minimum atomic E-state index is -0.780. The van der Waals surface area contributed by atoms with Crippen LogP contribution >= 0.6 is 0 Å². The standard InChI is InChI=1S/C13H17F2N/c1-8(2)13(16-10-4-5-10)9-3-6-11(14)12(15)7-9/h3,6-8,10,13,16H,4-5H2,1-2H3. The van der Waals surface area contributed by atoms with Crippen molar-refractivity contribution in [1.82, 2.24) is 5.32 Å². The van der Waals surface area contributed by atoms with Crippen LogP contribution in [0, 0.1) is 17.6 Å². The lowest BCUT2D eigenvalue weighted by Gasteiger charge is -2.23. The zero-order chi connectivity index (χ0) is 11.7. The fourth-order valence-corrected chi connectivity index (χ4v) is 1.88. The second-order valence-electron chi connectivity index (χ2n) is 4.84. The molecule has 16 heavy (non-hydrogen) atoms. The maximum atomic E-state index is 13.2. The number of hydrogen-bond acceptors (Lipinski definition) is 1. The number of rotatable bonds is 4. The lowest BCUT2D eigenvalue weighted by molar-refractivity contribution is 0.405. The Kier molecular flexibility index (Phi) is 3.24. The summed E-state index contributed by atoms with van der Waals surface area (Å²) in [6, 6.07) is 4.84. The molecule has 88 valence electrons. The molecule has 1 fully saturated rings. The maximum absolute atomic E-state index is 13.2. The minimum absolute atomic E-state index is 0.114. The Hall–Kier alpha value is -0.960. The fraction of sp³-hybridized carbons (Fsp3) is 0.538. The molecule has 1 aromatic rings. The first-order valence-electron chi connectivity index (χ1n) is 5.79. The third-order valence-corrected chi connectivity index (χ3v) is 2.96. The van der Waals surface area contributed by atoms with Crippen molar-refractivity contribution in [3.63, 3.8) is 0 Å². The van der Waals surface area contributed by atoms with Gasteiger partial charge in [-0.05, 0) is 36.5 Å². The molecule has 1 nitrogen and oxygen atoms in total. The monoisotopic (exact) mass is 225 g/mol. The number of hydrogen-bond donors (Lipinski definition) is 1. The summed E-state index contributed by atoms with van der Waals surface area (Å²) in [6.07, 6.45) is 2.37. The fourth-order valence-electron chi connectivity index (χ4n) is 1.88. The van der Waals surface area contributed by atoms with E-state index < -0.39 is 11.6 Å². The van der Waals surface area contributed by atoms with Crippen molar-refractivity contribution in [3.05, 3.63) is 35.4 Å². The lowest BCUT2D eigenvalue weighted by Crippen LogP contribution is -2.27. The normalized spacial score (nSPS) is 17.8. The minimum Gasteiger partial charge on any atom is -0.307 e. The van der Waals surface area contributed by atoms with Crippen LogP contribution in [0.25, 0.3) is 0 Å². The van der Waals surface area contributed by atoms with Crippen LogP contribution in [-0.2, 0) is 0 Å². The highest BCUT2D eigenvalue weighted by Gasteiger charge is 2.27. The van der Waals surface area contributed by atoms with E-state index in [-0.39, 0.29) is 6.04 Å². The quantitative estimate of drug-likeness (QED) is 0.828. The third-order valence-electron chi connectivity index (χ3n) is 2.96. The van der Waals surface area contributed by atoms with Gasteiger partial charge >= 0.3 is 0 Å². The van der Waals surface area contributed by atoms with Crippen molar-refractivity contribution in [2.45, 2.75) is 38.8 Å². The molecule has 0 radical (unpaired) electrons. The predicted molar refractivity (Wildman–Crippen MR) is 60.1 cm³/mol. The Morgan fingerprint density at radius 3 is 2.38 bits per heavy atom. The first-order chi connectivity index (χ1) is 7.58. The first kappa shape index (κ1) is 11.5. The summed E-state index contributed by atoms with van der Waals surface area (Å²) in [5, 5.41) is 3.46. The van der Waals surface area contributed by atoms with Crippen LogP contribution < -0.4 is 5.32 Å². The van der Waals surface area contributed by atoms with E-state index in [2.05, 4.69) is 19.2 Å². The van der Waals surface area contributed by atoms with Crippen molar-refractivity contribution >= 4 is 0 Å². The Labute approximate surface area is 94.9 Å². The average Bonchev–Trinajstić information content (AvgIpc) is 3.02. The molecule has 0 aromatic heterocycles.